The molecular formula is C19H21N3O2S. The van der Waals surface area contributed by atoms with Crippen molar-refractivity contribution in [1.29, 1.82) is 0 Å². The largest absolute Gasteiger partial charge is 0.504 e. The molecule has 0 aliphatic carbocycles. The first kappa shape index (κ1) is 18.6. The molecule has 0 atom stereocenters. The molecule has 3 N–H and O–H groups in total. The molecule has 0 amide bonds. The number of rotatable bonds is 7. The second-order valence-corrected chi connectivity index (χ2v) is 6.18. The van der Waals surface area contributed by atoms with Crippen LogP contribution in [0.4, 0.5) is 0 Å². The van der Waals surface area contributed by atoms with Gasteiger partial charge in [-0.2, -0.15) is 5.10 Å². The first-order valence-corrected chi connectivity index (χ1v) is 8.66. The van der Waals surface area contributed by atoms with E-state index in [2.05, 4.69) is 16.8 Å². The van der Waals surface area contributed by atoms with Gasteiger partial charge in [-0.15, -0.1) is 11.7 Å². The Hall–Kier alpha value is -2.73. The van der Waals surface area contributed by atoms with Crippen molar-refractivity contribution in [3.63, 3.8) is 0 Å². The fraction of sp³-hybridized carbons (Fsp3) is 0.158. The van der Waals surface area contributed by atoms with Crippen molar-refractivity contribution in [3.05, 3.63) is 71.8 Å². The second kappa shape index (κ2) is 9.54. The van der Waals surface area contributed by atoms with E-state index in [1.807, 2.05) is 36.4 Å². The number of nitrogens with zero attached hydrogens (tertiary/aromatic N) is 2. The molecule has 0 aliphatic rings. The molecule has 0 fully saturated rings. The van der Waals surface area contributed by atoms with Crippen LogP contribution in [0.2, 0.25) is 0 Å². The molecule has 0 saturated heterocycles. The highest BCUT2D eigenvalue weighted by Gasteiger charge is 2.08. The Morgan fingerprint density at radius 1 is 1.32 bits per heavy atom. The Balaban J connectivity index is 2.04. The van der Waals surface area contributed by atoms with Gasteiger partial charge in [-0.25, -0.2) is 0 Å². The predicted molar refractivity (Wildman–Crippen MR) is 106 cm³/mol. The van der Waals surface area contributed by atoms with Crippen LogP contribution in [0.5, 0.6) is 11.5 Å². The van der Waals surface area contributed by atoms with Crippen LogP contribution in [-0.4, -0.2) is 23.6 Å². The number of hydrogen-bond donors (Lipinski definition) is 2. The molecule has 0 radical (unpaired) electrons. The van der Waals surface area contributed by atoms with Gasteiger partial charge in [-0.3, -0.25) is 0 Å². The molecular weight excluding hydrogens is 334 g/mol. The van der Waals surface area contributed by atoms with E-state index in [-0.39, 0.29) is 5.75 Å². The number of ether oxygens (including phenoxy) is 1. The highest BCUT2D eigenvalue weighted by Crippen LogP contribution is 2.31. The smallest absolute Gasteiger partial charge is 0.180 e. The zero-order valence-corrected chi connectivity index (χ0v) is 14.9. The van der Waals surface area contributed by atoms with Crippen molar-refractivity contribution in [2.75, 3.05) is 7.11 Å². The quantitative estimate of drug-likeness (QED) is 0.343. The zero-order chi connectivity index (χ0) is 18.1. The summed E-state index contributed by atoms with van der Waals surface area (Å²) in [5.41, 5.74) is 8.51. The van der Waals surface area contributed by atoms with Crippen molar-refractivity contribution in [1.82, 2.24) is 0 Å². The van der Waals surface area contributed by atoms with Crippen molar-refractivity contribution >= 4 is 23.1 Å². The average molecular weight is 355 g/mol. The molecule has 2 aromatic carbocycles. The van der Waals surface area contributed by atoms with Gasteiger partial charge in [-0.05, 0) is 29.7 Å². The summed E-state index contributed by atoms with van der Waals surface area (Å²) in [6.07, 6.45) is 3.82. The van der Waals surface area contributed by atoms with E-state index in [1.165, 1.54) is 24.4 Å². The number of nitrogens with two attached hydrogens (primary N) is 1. The Morgan fingerprint density at radius 3 is 2.76 bits per heavy atom. The second-order valence-electron chi connectivity index (χ2n) is 5.18. The van der Waals surface area contributed by atoms with Crippen LogP contribution in [0, 0.1) is 0 Å². The molecule has 0 heterocycles. The van der Waals surface area contributed by atoms with Gasteiger partial charge in [0.25, 0.3) is 0 Å². The first-order chi connectivity index (χ1) is 12.1. The van der Waals surface area contributed by atoms with E-state index < -0.39 is 0 Å². The van der Waals surface area contributed by atoms with Crippen LogP contribution in [-0.2, 0) is 12.2 Å². The Bertz CT molecular complexity index is 774. The van der Waals surface area contributed by atoms with Crippen LogP contribution in [0.3, 0.4) is 0 Å². The number of phenols is 1. The van der Waals surface area contributed by atoms with Crippen molar-refractivity contribution in [2.24, 2.45) is 15.9 Å². The number of methoxy groups -OCH3 is 1. The fourth-order valence-electron chi connectivity index (χ4n) is 2.14. The molecule has 130 valence electrons. The summed E-state index contributed by atoms with van der Waals surface area (Å²) in [6, 6.07) is 13.5. The molecule has 0 unspecified atom stereocenters. The van der Waals surface area contributed by atoms with Gasteiger partial charge < -0.3 is 15.6 Å². The van der Waals surface area contributed by atoms with E-state index in [1.54, 1.807) is 18.4 Å². The van der Waals surface area contributed by atoms with Crippen LogP contribution in [0.1, 0.15) is 16.7 Å². The maximum absolute atomic E-state index is 10.1. The lowest BCUT2D eigenvalue weighted by Crippen LogP contribution is -2.06. The lowest BCUT2D eigenvalue weighted by Gasteiger charge is -2.08. The maximum Gasteiger partial charge on any atom is 0.180 e. The van der Waals surface area contributed by atoms with Gasteiger partial charge in [0, 0.05) is 11.3 Å². The first-order valence-electron chi connectivity index (χ1n) is 7.68. The minimum Gasteiger partial charge on any atom is -0.504 e. The number of phenolic OH excluding ortho intramolecular Hbond substituents is 1. The van der Waals surface area contributed by atoms with E-state index in [0.29, 0.717) is 22.9 Å². The lowest BCUT2D eigenvalue weighted by atomic mass is 10.1. The number of hydrogen-bond acceptors (Lipinski definition) is 5. The number of allylic oxidation sites excluding steroid dienone is 1. The average Bonchev–Trinajstić information content (AvgIpc) is 2.63. The molecule has 5 nitrogen and oxygen atoms in total. The van der Waals surface area contributed by atoms with E-state index in [4.69, 9.17) is 10.5 Å². The third-order valence-electron chi connectivity index (χ3n) is 3.35. The third-order valence-corrected chi connectivity index (χ3v) is 4.21. The van der Waals surface area contributed by atoms with E-state index >= 15 is 0 Å². The molecule has 2 aromatic rings. The zero-order valence-electron chi connectivity index (χ0n) is 14.1. The van der Waals surface area contributed by atoms with Gasteiger partial charge in [0.1, 0.15) is 0 Å². The monoisotopic (exact) mass is 355 g/mol. The molecule has 0 spiro atoms. The molecule has 0 bridgehead atoms. The summed E-state index contributed by atoms with van der Waals surface area (Å²) in [7, 11) is 1.50. The van der Waals surface area contributed by atoms with E-state index in [0.717, 1.165) is 11.3 Å². The molecule has 0 aliphatic heterocycles. The molecule has 2 rings (SSSR count). The minimum absolute atomic E-state index is 0.112. The van der Waals surface area contributed by atoms with Crippen LogP contribution in [0.25, 0.3) is 0 Å². The number of benzene rings is 2. The summed E-state index contributed by atoms with van der Waals surface area (Å²) < 4.78 is 5.18. The SMILES string of the molecule is C=CCc1cc(C=NN=C(N)SCc2ccccc2)cc(OC)c1O. The summed E-state index contributed by atoms with van der Waals surface area (Å²) in [4.78, 5) is 0. The van der Waals surface area contributed by atoms with Crippen molar-refractivity contribution < 1.29 is 9.84 Å². The molecule has 25 heavy (non-hydrogen) atoms. The van der Waals surface area contributed by atoms with Gasteiger partial charge in [-0.1, -0.05) is 48.2 Å². The Kier molecular flexibility index (Phi) is 7.10. The van der Waals surface area contributed by atoms with Gasteiger partial charge in [0.2, 0.25) is 0 Å². The topological polar surface area (TPSA) is 80.2 Å². The number of amidine groups is 1. The third kappa shape index (κ3) is 5.69. The molecule has 0 saturated carbocycles. The van der Waals surface area contributed by atoms with Crippen LogP contribution >= 0.6 is 11.8 Å². The summed E-state index contributed by atoms with van der Waals surface area (Å²) >= 11 is 1.42. The van der Waals surface area contributed by atoms with E-state index in [9.17, 15) is 5.11 Å². The standard InChI is InChI=1S/C19H21N3O2S/c1-3-7-16-10-15(11-17(24-2)18(16)23)12-21-22-19(20)25-13-14-8-5-4-6-9-14/h3-6,8-12,23H,1,7,13H2,2H3,(H2,20,22). The predicted octanol–water partition coefficient (Wildman–Crippen LogP) is 3.71. The Labute approximate surface area is 151 Å². The molecule has 0 aromatic heterocycles. The normalized spacial score (nSPS) is 11.6. The van der Waals surface area contributed by atoms with Crippen LogP contribution in [0.15, 0.2) is 65.3 Å². The van der Waals surface area contributed by atoms with Crippen molar-refractivity contribution in [2.45, 2.75) is 12.2 Å². The summed E-state index contributed by atoms with van der Waals surface area (Å²) in [6.45, 7) is 3.69. The Morgan fingerprint density at radius 2 is 2.08 bits per heavy atom. The number of thioether (sulfide) groups is 1. The summed E-state index contributed by atoms with van der Waals surface area (Å²) in [5.74, 6) is 1.24. The lowest BCUT2D eigenvalue weighted by molar-refractivity contribution is 0.371. The number of aromatic hydroxyl groups is 1. The van der Waals surface area contributed by atoms with Crippen LogP contribution < -0.4 is 10.5 Å². The van der Waals surface area contributed by atoms with Gasteiger partial charge in [0.05, 0.1) is 13.3 Å². The highest BCUT2D eigenvalue weighted by atomic mass is 32.2. The highest BCUT2D eigenvalue weighted by molar-refractivity contribution is 8.13. The van der Waals surface area contributed by atoms with Gasteiger partial charge >= 0.3 is 0 Å². The van der Waals surface area contributed by atoms with Crippen molar-refractivity contribution in [3.8, 4) is 11.5 Å². The summed E-state index contributed by atoms with van der Waals surface area (Å²) in [5, 5.41) is 18.5. The van der Waals surface area contributed by atoms with Gasteiger partial charge in [0.15, 0.2) is 16.7 Å². The minimum atomic E-state index is 0.112. The fourth-order valence-corrected chi connectivity index (χ4v) is 2.76. The molecule has 6 heteroatoms. The maximum atomic E-state index is 10.1.